The first kappa shape index (κ1) is 16.2. The molecule has 1 aromatic heterocycles. The van der Waals surface area contributed by atoms with Crippen molar-refractivity contribution in [3.8, 4) is 5.88 Å². The lowest BCUT2D eigenvalue weighted by Crippen LogP contribution is -2.15. The van der Waals surface area contributed by atoms with Crippen LogP contribution in [0.25, 0.3) is 0 Å². The zero-order valence-electron chi connectivity index (χ0n) is 13.5. The van der Waals surface area contributed by atoms with Gasteiger partial charge in [0.2, 0.25) is 5.88 Å². The number of aromatic nitrogens is 2. The molecule has 0 aliphatic rings. The molecule has 0 aliphatic heterocycles. The maximum absolute atomic E-state index is 12.1. The molecule has 23 heavy (non-hydrogen) atoms. The van der Waals surface area contributed by atoms with E-state index in [1.165, 1.54) is 24.4 Å². The number of carbonyl (C=O) groups is 3. The molecule has 0 saturated heterocycles. The van der Waals surface area contributed by atoms with Crippen LogP contribution in [0.3, 0.4) is 0 Å². The standard InChI is InChI=1S/C15H14N2O6/c1-3-21-15(20)23-14(19)11-7-9(2)6-10(8-11)13(18)22-12-4-5-16-17-12/h4-8H,3H2,1-2H3,(H,16,17)/p+1. The van der Waals surface area contributed by atoms with Gasteiger partial charge in [-0.15, -0.1) is 0 Å². The zero-order valence-corrected chi connectivity index (χ0v) is 12.5. The number of carbonyl (C=O) groups excluding carboxylic acids is 3. The molecule has 120 valence electrons. The van der Waals surface area contributed by atoms with Crippen molar-refractivity contribution in [3.05, 3.63) is 47.2 Å². The van der Waals surface area contributed by atoms with E-state index in [0.717, 1.165) is 0 Å². The van der Waals surface area contributed by atoms with E-state index in [-0.39, 0.29) is 25.0 Å². The smallest absolute Gasteiger partial charge is 0.434 e. The first-order chi connectivity index (χ1) is 11.0. The van der Waals surface area contributed by atoms with Crippen LogP contribution in [-0.4, -0.2) is 34.9 Å². The van der Waals surface area contributed by atoms with E-state index < -0.39 is 18.1 Å². The molecule has 0 spiro atoms. The van der Waals surface area contributed by atoms with Gasteiger partial charge in [-0.3, -0.25) is 0 Å². The van der Waals surface area contributed by atoms with E-state index in [1.54, 1.807) is 19.9 Å². The number of hydrogen-bond donors (Lipinski definition) is 1. The van der Waals surface area contributed by atoms with Gasteiger partial charge in [0, 0.05) is 6.07 Å². The molecule has 0 fully saturated rings. The van der Waals surface area contributed by atoms with Crippen molar-refractivity contribution in [2.75, 3.05) is 6.61 Å². The van der Waals surface area contributed by atoms with Crippen LogP contribution < -0.4 is 4.74 Å². The van der Waals surface area contributed by atoms with Crippen LogP contribution in [0.4, 0.5) is 4.79 Å². The number of hydrogen-bond acceptors (Lipinski definition) is 7. The lowest BCUT2D eigenvalue weighted by atomic mass is 10.1. The fourth-order valence-electron chi connectivity index (χ4n) is 1.76. The van der Waals surface area contributed by atoms with Crippen LogP contribution in [-0.2, 0) is 9.47 Å². The molecule has 0 aliphatic carbocycles. The highest BCUT2D eigenvalue weighted by Crippen LogP contribution is 2.14. The molecule has 0 amide bonds. The molecule has 0 saturated carbocycles. The number of H-pyrrole nitrogens is 1. The topological polar surface area (TPSA) is 108 Å². The van der Waals surface area contributed by atoms with Gasteiger partial charge in [-0.25, -0.2) is 19.5 Å². The Hall–Kier alpha value is -3.16. The number of aromatic amines is 1. The quantitative estimate of drug-likeness (QED) is 0.680. The summed E-state index contributed by atoms with van der Waals surface area (Å²) in [6.07, 6.45) is 0.335. The molecule has 0 unspecified atom stereocenters. The Morgan fingerprint density at radius 2 is 1.87 bits per heavy atom. The summed E-state index contributed by atoms with van der Waals surface area (Å²) < 4.78 is 14.1. The van der Waals surface area contributed by atoms with Gasteiger partial charge in [-0.1, -0.05) is 0 Å². The van der Waals surface area contributed by atoms with Crippen molar-refractivity contribution in [1.29, 1.82) is 0 Å². The summed E-state index contributed by atoms with van der Waals surface area (Å²) >= 11 is 0. The highest BCUT2D eigenvalue weighted by atomic mass is 16.7. The lowest BCUT2D eigenvalue weighted by molar-refractivity contribution is 0.0401. The second-order valence-corrected chi connectivity index (χ2v) is 4.47. The third kappa shape index (κ3) is 4.40. The van der Waals surface area contributed by atoms with Gasteiger partial charge >= 0.3 is 19.5 Å². The summed E-state index contributed by atoms with van der Waals surface area (Å²) in [4.78, 5) is 35.1. The van der Waals surface area contributed by atoms with Gasteiger partial charge in [-0.2, -0.15) is 5.10 Å². The van der Waals surface area contributed by atoms with Crippen molar-refractivity contribution in [3.63, 3.8) is 0 Å². The fraction of sp³-hybridized carbons (Fsp3) is 0.200. The number of ether oxygens (including phenoxy) is 3. The second kappa shape index (κ2) is 7.21. The van der Waals surface area contributed by atoms with E-state index in [2.05, 4.69) is 19.7 Å². The number of nitrogens with zero attached hydrogens (tertiary/aromatic N) is 1. The average molecular weight is 319 g/mol. The summed E-state index contributed by atoms with van der Waals surface area (Å²) in [7, 11) is 0. The predicted molar refractivity (Wildman–Crippen MR) is 78.3 cm³/mol. The molecule has 8 nitrogen and oxygen atoms in total. The number of esters is 2. The van der Waals surface area contributed by atoms with Crippen molar-refractivity contribution in [1.82, 2.24) is 10.2 Å². The molecule has 1 N–H and O–H groups in total. The molecule has 0 bridgehead atoms. The van der Waals surface area contributed by atoms with E-state index in [1.807, 2.05) is 0 Å². The minimum Gasteiger partial charge on any atom is -0.434 e. The Balaban J connectivity index is 0.00000288. The first-order valence-corrected chi connectivity index (χ1v) is 6.71. The number of nitrogens with one attached hydrogen (secondary N) is 1. The van der Waals surface area contributed by atoms with Gasteiger partial charge < -0.3 is 14.2 Å². The molecule has 0 atom stereocenters. The Morgan fingerprint density at radius 1 is 1.17 bits per heavy atom. The molecule has 0 radical (unpaired) electrons. The normalized spacial score (nSPS) is 10.0. The molecule has 1 heterocycles. The van der Waals surface area contributed by atoms with Crippen LogP contribution in [0.1, 0.15) is 34.6 Å². The van der Waals surface area contributed by atoms with Crippen molar-refractivity contribution in [2.24, 2.45) is 0 Å². The summed E-state index contributed by atoms with van der Waals surface area (Å²) in [5.74, 6) is -1.42. The number of aryl methyl sites for hydroxylation is 1. The molecule has 1 aromatic carbocycles. The molecule has 8 heteroatoms. The van der Waals surface area contributed by atoms with Crippen LogP contribution in [0.2, 0.25) is 0 Å². The van der Waals surface area contributed by atoms with E-state index in [4.69, 9.17) is 4.74 Å². The Morgan fingerprint density at radius 3 is 2.48 bits per heavy atom. The lowest BCUT2D eigenvalue weighted by Gasteiger charge is -2.07. The van der Waals surface area contributed by atoms with Crippen LogP contribution in [0.5, 0.6) is 5.88 Å². The monoisotopic (exact) mass is 319 g/mol. The van der Waals surface area contributed by atoms with Crippen molar-refractivity contribution >= 4 is 18.1 Å². The summed E-state index contributed by atoms with van der Waals surface area (Å²) in [6.45, 7) is 3.36. The molecular weight excluding hydrogens is 304 g/mol. The van der Waals surface area contributed by atoms with Crippen LogP contribution in [0, 0.1) is 6.92 Å². The second-order valence-electron chi connectivity index (χ2n) is 4.47. The van der Waals surface area contributed by atoms with Crippen LogP contribution >= 0.6 is 0 Å². The van der Waals surface area contributed by atoms with Gasteiger partial charge in [0.25, 0.3) is 0 Å². The van der Waals surface area contributed by atoms with E-state index in [9.17, 15) is 14.4 Å². The summed E-state index contributed by atoms with van der Waals surface area (Å²) in [6, 6.07) is 5.77. The minimum absolute atomic E-state index is 0. The Labute approximate surface area is 132 Å². The molecule has 2 aromatic rings. The average Bonchev–Trinajstić information content (AvgIpc) is 2.99. The Bertz CT molecular complexity index is 730. The summed E-state index contributed by atoms with van der Waals surface area (Å²) in [5, 5.41) is 6.14. The number of benzene rings is 1. The number of rotatable bonds is 4. The first-order valence-electron chi connectivity index (χ1n) is 6.71. The maximum atomic E-state index is 12.1. The highest BCUT2D eigenvalue weighted by Gasteiger charge is 2.18. The third-order valence-electron chi connectivity index (χ3n) is 2.66. The van der Waals surface area contributed by atoms with E-state index >= 15 is 0 Å². The largest absolute Gasteiger partial charge is 1.00 e. The molecule has 2 rings (SSSR count). The van der Waals surface area contributed by atoms with Gasteiger partial charge in [-0.05, 0) is 37.6 Å². The maximum Gasteiger partial charge on any atom is 1.00 e. The Kier molecular flexibility index (Phi) is 5.08. The molecular formula is C15H15N2O6+. The predicted octanol–water partition coefficient (Wildman–Crippen LogP) is 2.36. The third-order valence-corrected chi connectivity index (χ3v) is 2.66. The van der Waals surface area contributed by atoms with E-state index in [0.29, 0.717) is 5.56 Å². The van der Waals surface area contributed by atoms with Crippen molar-refractivity contribution in [2.45, 2.75) is 13.8 Å². The van der Waals surface area contributed by atoms with Crippen molar-refractivity contribution < 1.29 is 30.0 Å². The van der Waals surface area contributed by atoms with Gasteiger partial charge in [0.05, 0.1) is 23.9 Å². The fourth-order valence-corrected chi connectivity index (χ4v) is 1.76. The SMILES string of the molecule is CCOC(=O)OC(=O)c1cc(C)cc(C(=O)Oc2ccn[nH]2)c1.[H+]. The minimum atomic E-state index is -1.10. The van der Waals surface area contributed by atoms with Gasteiger partial charge in [0.15, 0.2) is 0 Å². The van der Waals surface area contributed by atoms with Gasteiger partial charge in [0.1, 0.15) is 0 Å². The van der Waals surface area contributed by atoms with Crippen LogP contribution in [0.15, 0.2) is 30.5 Å². The summed E-state index contributed by atoms with van der Waals surface area (Å²) in [5.41, 5.74) is 0.796. The zero-order chi connectivity index (χ0) is 16.8. The highest BCUT2D eigenvalue weighted by molar-refractivity contribution is 5.99.